The van der Waals surface area contributed by atoms with Gasteiger partial charge in [-0.1, -0.05) is 6.07 Å². The number of nitrogens with one attached hydrogen (secondary N) is 1. The summed E-state index contributed by atoms with van der Waals surface area (Å²) in [6, 6.07) is 6.51. The third-order valence-electron chi connectivity index (χ3n) is 4.06. The number of fused-ring (bicyclic) bond motifs is 1. The molecule has 3 heteroatoms. The van der Waals surface area contributed by atoms with E-state index in [1.54, 1.807) is 0 Å². The molecule has 1 N–H and O–H groups in total. The summed E-state index contributed by atoms with van der Waals surface area (Å²) < 4.78 is 11.6. The number of piperidine rings is 1. The predicted molar refractivity (Wildman–Crippen MR) is 75.8 cm³/mol. The van der Waals surface area contributed by atoms with Crippen molar-refractivity contribution in [3.8, 4) is 5.75 Å². The Labute approximate surface area is 115 Å². The van der Waals surface area contributed by atoms with Gasteiger partial charge < -0.3 is 14.8 Å². The highest BCUT2D eigenvalue weighted by Crippen LogP contribution is 2.25. The molecule has 2 aliphatic rings. The van der Waals surface area contributed by atoms with E-state index >= 15 is 0 Å². The minimum Gasteiger partial charge on any atom is -0.491 e. The Kier molecular flexibility index (Phi) is 4.36. The van der Waals surface area contributed by atoms with E-state index in [0.717, 1.165) is 31.7 Å². The van der Waals surface area contributed by atoms with Gasteiger partial charge in [-0.3, -0.25) is 0 Å². The van der Waals surface area contributed by atoms with E-state index in [2.05, 4.69) is 23.5 Å². The van der Waals surface area contributed by atoms with Crippen LogP contribution in [0.4, 0.5) is 0 Å². The quantitative estimate of drug-likeness (QED) is 0.825. The summed E-state index contributed by atoms with van der Waals surface area (Å²) in [5.74, 6) is 0.995. The van der Waals surface area contributed by atoms with Crippen LogP contribution in [0.15, 0.2) is 18.2 Å². The summed E-state index contributed by atoms with van der Waals surface area (Å²) in [5.41, 5.74) is 2.97. The number of ether oxygens (including phenoxy) is 2. The molecule has 19 heavy (non-hydrogen) atoms. The van der Waals surface area contributed by atoms with Crippen LogP contribution < -0.4 is 10.1 Å². The van der Waals surface area contributed by atoms with Crippen molar-refractivity contribution >= 4 is 0 Å². The van der Waals surface area contributed by atoms with Gasteiger partial charge in [0, 0.05) is 0 Å². The Morgan fingerprint density at radius 1 is 1.05 bits per heavy atom. The molecule has 3 rings (SSSR count). The van der Waals surface area contributed by atoms with Crippen molar-refractivity contribution in [3.63, 3.8) is 0 Å². The molecule has 1 aromatic rings. The lowest BCUT2D eigenvalue weighted by molar-refractivity contribution is 0.0168. The van der Waals surface area contributed by atoms with Crippen LogP contribution >= 0.6 is 0 Å². The topological polar surface area (TPSA) is 30.5 Å². The lowest BCUT2D eigenvalue weighted by atomic mass is 10.1. The van der Waals surface area contributed by atoms with Crippen molar-refractivity contribution in [3.05, 3.63) is 29.3 Å². The fourth-order valence-electron chi connectivity index (χ4n) is 2.97. The second kappa shape index (κ2) is 6.40. The van der Waals surface area contributed by atoms with E-state index in [0.29, 0.717) is 19.3 Å². The van der Waals surface area contributed by atoms with Gasteiger partial charge in [0.15, 0.2) is 0 Å². The van der Waals surface area contributed by atoms with Gasteiger partial charge in [-0.05, 0) is 68.5 Å². The SMILES string of the molecule is c1cc2c(cc1OCCOC1CCNCC1)CCC2. The van der Waals surface area contributed by atoms with Gasteiger partial charge in [0.2, 0.25) is 0 Å². The fourth-order valence-corrected chi connectivity index (χ4v) is 2.97. The molecule has 0 saturated carbocycles. The van der Waals surface area contributed by atoms with Gasteiger partial charge in [0.1, 0.15) is 12.4 Å². The van der Waals surface area contributed by atoms with Crippen molar-refractivity contribution < 1.29 is 9.47 Å². The monoisotopic (exact) mass is 261 g/mol. The minimum absolute atomic E-state index is 0.421. The van der Waals surface area contributed by atoms with E-state index < -0.39 is 0 Å². The van der Waals surface area contributed by atoms with Crippen molar-refractivity contribution in [1.29, 1.82) is 0 Å². The van der Waals surface area contributed by atoms with E-state index in [9.17, 15) is 0 Å². The molecule has 1 aromatic carbocycles. The molecule has 1 aliphatic carbocycles. The summed E-state index contributed by atoms with van der Waals surface area (Å²) >= 11 is 0. The first kappa shape index (κ1) is 12.9. The lowest BCUT2D eigenvalue weighted by Gasteiger charge is -2.22. The first-order valence-electron chi connectivity index (χ1n) is 7.49. The lowest BCUT2D eigenvalue weighted by Crippen LogP contribution is -2.33. The molecule has 1 heterocycles. The number of hydrogen-bond acceptors (Lipinski definition) is 3. The molecule has 0 radical (unpaired) electrons. The maximum Gasteiger partial charge on any atom is 0.119 e. The minimum atomic E-state index is 0.421. The van der Waals surface area contributed by atoms with Gasteiger partial charge in [-0.25, -0.2) is 0 Å². The molecule has 1 fully saturated rings. The standard InChI is InChI=1S/C16H23NO2/c1-2-13-4-5-16(12-14(13)3-1)19-11-10-18-15-6-8-17-9-7-15/h4-5,12,15,17H,1-3,6-11H2. The number of hydrogen-bond donors (Lipinski definition) is 1. The third kappa shape index (κ3) is 3.48. The highest BCUT2D eigenvalue weighted by molar-refractivity contribution is 5.38. The molecule has 1 saturated heterocycles. The van der Waals surface area contributed by atoms with Crippen LogP contribution in [0, 0.1) is 0 Å². The fraction of sp³-hybridized carbons (Fsp3) is 0.625. The molecule has 1 aliphatic heterocycles. The Hall–Kier alpha value is -1.06. The molecular formula is C16H23NO2. The van der Waals surface area contributed by atoms with Crippen molar-refractivity contribution in [2.24, 2.45) is 0 Å². The normalized spacial score (nSPS) is 19.4. The largest absolute Gasteiger partial charge is 0.491 e. The Balaban J connectivity index is 1.40. The zero-order chi connectivity index (χ0) is 12.9. The molecule has 0 aromatic heterocycles. The van der Waals surface area contributed by atoms with Gasteiger partial charge in [0.25, 0.3) is 0 Å². The Bertz CT molecular complexity index is 413. The number of benzene rings is 1. The molecular weight excluding hydrogens is 238 g/mol. The molecule has 0 unspecified atom stereocenters. The molecule has 0 spiro atoms. The van der Waals surface area contributed by atoms with E-state index in [1.165, 1.54) is 30.4 Å². The molecule has 104 valence electrons. The molecule has 3 nitrogen and oxygen atoms in total. The van der Waals surface area contributed by atoms with Crippen LogP contribution in [0.25, 0.3) is 0 Å². The molecule has 0 atom stereocenters. The van der Waals surface area contributed by atoms with E-state index in [1.807, 2.05) is 0 Å². The number of rotatable bonds is 5. The highest BCUT2D eigenvalue weighted by atomic mass is 16.5. The third-order valence-corrected chi connectivity index (χ3v) is 4.06. The van der Waals surface area contributed by atoms with Gasteiger partial charge in [-0.2, -0.15) is 0 Å². The Morgan fingerprint density at radius 2 is 1.89 bits per heavy atom. The summed E-state index contributed by atoms with van der Waals surface area (Å²) in [5, 5.41) is 3.34. The number of aryl methyl sites for hydroxylation is 2. The predicted octanol–water partition coefficient (Wildman–Crippen LogP) is 2.32. The summed E-state index contributed by atoms with van der Waals surface area (Å²) in [4.78, 5) is 0. The van der Waals surface area contributed by atoms with Crippen LogP contribution in [0.3, 0.4) is 0 Å². The van der Waals surface area contributed by atoms with Crippen LogP contribution in [0.2, 0.25) is 0 Å². The molecule has 0 amide bonds. The summed E-state index contributed by atoms with van der Waals surface area (Å²) in [6.07, 6.45) is 6.40. The zero-order valence-electron chi connectivity index (χ0n) is 11.5. The average molecular weight is 261 g/mol. The van der Waals surface area contributed by atoms with Crippen LogP contribution in [0.5, 0.6) is 5.75 Å². The van der Waals surface area contributed by atoms with Gasteiger partial charge >= 0.3 is 0 Å². The summed E-state index contributed by atoms with van der Waals surface area (Å²) in [7, 11) is 0. The average Bonchev–Trinajstić information content (AvgIpc) is 2.92. The second-order valence-electron chi connectivity index (χ2n) is 5.45. The van der Waals surface area contributed by atoms with Crippen LogP contribution in [-0.2, 0) is 17.6 Å². The van der Waals surface area contributed by atoms with Crippen molar-refractivity contribution in [1.82, 2.24) is 5.32 Å². The second-order valence-corrected chi connectivity index (χ2v) is 5.45. The van der Waals surface area contributed by atoms with E-state index in [-0.39, 0.29) is 0 Å². The van der Waals surface area contributed by atoms with E-state index in [4.69, 9.17) is 9.47 Å². The summed E-state index contributed by atoms with van der Waals surface area (Å²) in [6.45, 7) is 3.51. The van der Waals surface area contributed by atoms with Gasteiger partial charge in [0.05, 0.1) is 12.7 Å². The first-order chi connectivity index (χ1) is 9.42. The van der Waals surface area contributed by atoms with Crippen LogP contribution in [0.1, 0.15) is 30.4 Å². The maximum absolute atomic E-state index is 5.83. The first-order valence-corrected chi connectivity index (χ1v) is 7.49. The maximum atomic E-state index is 5.83. The van der Waals surface area contributed by atoms with Crippen molar-refractivity contribution in [2.75, 3.05) is 26.3 Å². The highest BCUT2D eigenvalue weighted by Gasteiger charge is 2.13. The Morgan fingerprint density at radius 3 is 2.79 bits per heavy atom. The molecule has 0 bridgehead atoms. The zero-order valence-corrected chi connectivity index (χ0v) is 11.5. The van der Waals surface area contributed by atoms with Crippen LogP contribution in [-0.4, -0.2) is 32.4 Å². The van der Waals surface area contributed by atoms with Gasteiger partial charge in [-0.15, -0.1) is 0 Å². The van der Waals surface area contributed by atoms with Crippen molar-refractivity contribution in [2.45, 2.75) is 38.2 Å². The smallest absolute Gasteiger partial charge is 0.119 e.